The summed E-state index contributed by atoms with van der Waals surface area (Å²) in [7, 11) is 0. The lowest BCUT2D eigenvalue weighted by molar-refractivity contribution is 0.0744. The molecule has 0 spiro atoms. The molecule has 0 atom stereocenters. The smallest absolute Gasteiger partial charge is 0.256 e. The van der Waals surface area contributed by atoms with Crippen LogP contribution in [0.4, 0.5) is 4.39 Å². The number of rotatable bonds is 13. The highest BCUT2D eigenvalue weighted by Gasteiger charge is 2.18. The summed E-state index contributed by atoms with van der Waals surface area (Å²) in [6, 6.07) is 6.33. The van der Waals surface area contributed by atoms with E-state index in [4.69, 9.17) is 0 Å². The van der Waals surface area contributed by atoms with Crippen molar-refractivity contribution in [2.24, 2.45) is 0 Å². The van der Waals surface area contributed by atoms with Crippen LogP contribution in [0.1, 0.15) is 88.4 Å². The van der Waals surface area contributed by atoms with E-state index in [0.717, 1.165) is 38.8 Å². The van der Waals surface area contributed by atoms with Crippen LogP contribution < -0.4 is 0 Å². The molecule has 0 saturated heterocycles. The third kappa shape index (κ3) is 7.94. The molecule has 0 saturated carbocycles. The van der Waals surface area contributed by atoms with Crippen molar-refractivity contribution >= 4 is 5.91 Å². The molecular formula is C21H34FNO. The second-order valence-corrected chi connectivity index (χ2v) is 6.60. The highest BCUT2D eigenvalue weighted by Crippen LogP contribution is 2.13. The molecule has 0 aliphatic heterocycles. The van der Waals surface area contributed by atoms with E-state index in [9.17, 15) is 9.18 Å². The summed E-state index contributed by atoms with van der Waals surface area (Å²) in [5, 5.41) is 0. The normalized spacial score (nSPS) is 10.8. The predicted molar refractivity (Wildman–Crippen MR) is 99.8 cm³/mol. The van der Waals surface area contributed by atoms with Gasteiger partial charge in [-0.25, -0.2) is 4.39 Å². The maximum absolute atomic E-state index is 13.9. The second kappa shape index (κ2) is 13.0. The van der Waals surface area contributed by atoms with Crippen LogP contribution in [-0.4, -0.2) is 23.9 Å². The zero-order valence-electron chi connectivity index (χ0n) is 15.5. The van der Waals surface area contributed by atoms with Crippen molar-refractivity contribution in [3.05, 3.63) is 35.6 Å². The van der Waals surface area contributed by atoms with Crippen LogP contribution >= 0.6 is 0 Å². The van der Waals surface area contributed by atoms with E-state index in [1.165, 1.54) is 44.6 Å². The molecule has 0 bridgehead atoms. The molecule has 0 N–H and O–H groups in total. The van der Waals surface area contributed by atoms with Gasteiger partial charge in [0.05, 0.1) is 5.56 Å². The van der Waals surface area contributed by atoms with Crippen LogP contribution in [0.3, 0.4) is 0 Å². The number of unbranched alkanes of at least 4 members (excludes halogenated alkanes) is 8. The van der Waals surface area contributed by atoms with Gasteiger partial charge in [-0.2, -0.15) is 0 Å². The molecule has 0 heterocycles. The van der Waals surface area contributed by atoms with Crippen molar-refractivity contribution in [2.45, 2.75) is 78.1 Å². The molecule has 1 aromatic carbocycles. The van der Waals surface area contributed by atoms with Crippen molar-refractivity contribution in [3.8, 4) is 0 Å². The Bertz CT molecular complexity index is 447. The summed E-state index contributed by atoms with van der Waals surface area (Å²) >= 11 is 0. The fraction of sp³-hybridized carbons (Fsp3) is 0.667. The highest BCUT2D eigenvalue weighted by molar-refractivity contribution is 5.94. The molecule has 0 unspecified atom stereocenters. The summed E-state index contributed by atoms with van der Waals surface area (Å²) in [6.07, 6.45) is 11.7. The van der Waals surface area contributed by atoms with Crippen LogP contribution in [0.25, 0.3) is 0 Å². The van der Waals surface area contributed by atoms with E-state index in [1.807, 2.05) is 4.90 Å². The van der Waals surface area contributed by atoms with Crippen LogP contribution in [-0.2, 0) is 0 Å². The van der Waals surface area contributed by atoms with Gasteiger partial charge in [-0.15, -0.1) is 0 Å². The maximum atomic E-state index is 13.9. The minimum atomic E-state index is -0.413. The first kappa shape index (κ1) is 20.7. The Labute approximate surface area is 147 Å². The van der Waals surface area contributed by atoms with Gasteiger partial charge in [0, 0.05) is 13.1 Å². The largest absolute Gasteiger partial charge is 0.339 e. The Morgan fingerprint density at radius 3 is 1.83 bits per heavy atom. The molecule has 0 fully saturated rings. The number of halogens is 1. The van der Waals surface area contributed by atoms with Gasteiger partial charge in [0.15, 0.2) is 0 Å². The summed E-state index contributed by atoms with van der Waals surface area (Å²) in [5.41, 5.74) is 0.208. The Morgan fingerprint density at radius 1 is 0.833 bits per heavy atom. The van der Waals surface area contributed by atoms with Crippen molar-refractivity contribution in [1.29, 1.82) is 0 Å². The van der Waals surface area contributed by atoms with Crippen LogP contribution in [0.5, 0.6) is 0 Å². The van der Waals surface area contributed by atoms with Gasteiger partial charge in [-0.05, 0) is 25.0 Å². The Balaban J connectivity index is 2.55. The topological polar surface area (TPSA) is 20.3 Å². The summed E-state index contributed by atoms with van der Waals surface area (Å²) < 4.78 is 13.9. The number of carbonyl (C=O) groups excluding carboxylic acids is 1. The third-order valence-electron chi connectivity index (χ3n) is 4.45. The molecule has 0 aromatic heterocycles. The number of nitrogens with zero attached hydrogens (tertiary/aromatic N) is 1. The molecule has 136 valence electrons. The van der Waals surface area contributed by atoms with Gasteiger partial charge >= 0.3 is 0 Å². The van der Waals surface area contributed by atoms with Crippen molar-refractivity contribution in [1.82, 2.24) is 4.90 Å². The second-order valence-electron chi connectivity index (χ2n) is 6.60. The maximum Gasteiger partial charge on any atom is 0.256 e. The van der Waals surface area contributed by atoms with E-state index in [2.05, 4.69) is 13.8 Å². The molecule has 0 radical (unpaired) electrons. The van der Waals surface area contributed by atoms with Gasteiger partial charge in [-0.1, -0.05) is 77.3 Å². The Morgan fingerprint density at radius 2 is 1.33 bits per heavy atom. The number of hydrogen-bond donors (Lipinski definition) is 0. The number of benzene rings is 1. The van der Waals surface area contributed by atoms with Gasteiger partial charge in [0.2, 0.25) is 0 Å². The van der Waals surface area contributed by atoms with Crippen molar-refractivity contribution in [2.75, 3.05) is 13.1 Å². The van der Waals surface area contributed by atoms with Crippen LogP contribution in [0.2, 0.25) is 0 Å². The fourth-order valence-corrected chi connectivity index (χ4v) is 2.93. The Kier molecular flexibility index (Phi) is 11.2. The van der Waals surface area contributed by atoms with E-state index in [1.54, 1.807) is 18.2 Å². The highest BCUT2D eigenvalue weighted by atomic mass is 19.1. The molecular weight excluding hydrogens is 301 g/mol. The Hall–Kier alpha value is -1.38. The average molecular weight is 336 g/mol. The fourth-order valence-electron chi connectivity index (χ4n) is 2.93. The summed E-state index contributed by atoms with van der Waals surface area (Å²) in [5.74, 6) is -0.566. The molecule has 1 aromatic rings. The molecule has 0 aliphatic rings. The lowest BCUT2D eigenvalue weighted by Crippen LogP contribution is -2.33. The van der Waals surface area contributed by atoms with E-state index >= 15 is 0 Å². The lowest BCUT2D eigenvalue weighted by atomic mass is 10.1. The molecule has 24 heavy (non-hydrogen) atoms. The number of amides is 1. The molecule has 1 amide bonds. The minimum Gasteiger partial charge on any atom is -0.339 e. The zero-order chi connectivity index (χ0) is 17.6. The zero-order valence-corrected chi connectivity index (χ0v) is 15.5. The van der Waals surface area contributed by atoms with Gasteiger partial charge in [0.1, 0.15) is 5.82 Å². The summed E-state index contributed by atoms with van der Waals surface area (Å²) in [4.78, 5) is 14.5. The van der Waals surface area contributed by atoms with E-state index in [-0.39, 0.29) is 11.5 Å². The van der Waals surface area contributed by atoms with Crippen LogP contribution in [0, 0.1) is 5.82 Å². The molecule has 3 heteroatoms. The SMILES string of the molecule is CCCCCCCN(CCCCCCC)C(=O)c1ccccc1F. The van der Waals surface area contributed by atoms with E-state index < -0.39 is 5.82 Å². The first-order valence-electron chi connectivity index (χ1n) is 9.74. The van der Waals surface area contributed by atoms with Gasteiger partial charge < -0.3 is 4.90 Å². The van der Waals surface area contributed by atoms with Gasteiger partial charge in [-0.3, -0.25) is 4.79 Å². The number of hydrogen-bond acceptors (Lipinski definition) is 1. The van der Waals surface area contributed by atoms with E-state index in [0.29, 0.717) is 0 Å². The first-order chi connectivity index (χ1) is 11.7. The minimum absolute atomic E-state index is 0.154. The molecule has 2 nitrogen and oxygen atoms in total. The first-order valence-corrected chi connectivity index (χ1v) is 9.74. The quantitative estimate of drug-likeness (QED) is 0.392. The lowest BCUT2D eigenvalue weighted by Gasteiger charge is -2.23. The van der Waals surface area contributed by atoms with Crippen molar-refractivity contribution < 1.29 is 9.18 Å². The van der Waals surface area contributed by atoms with Crippen LogP contribution in [0.15, 0.2) is 24.3 Å². The average Bonchev–Trinajstić information content (AvgIpc) is 2.59. The predicted octanol–water partition coefficient (Wildman–Crippen LogP) is 6.21. The number of carbonyl (C=O) groups is 1. The molecule has 0 aliphatic carbocycles. The van der Waals surface area contributed by atoms with Crippen molar-refractivity contribution in [3.63, 3.8) is 0 Å². The van der Waals surface area contributed by atoms with Gasteiger partial charge in [0.25, 0.3) is 5.91 Å². The summed E-state index contributed by atoms with van der Waals surface area (Å²) in [6.45, 7) is 5.88. The molecule has 1 rings (SSSR count). The standard InChI is InChI=1S/C21H34FNO/c1-3-5-7-9-13-17-23(18-14-10-8-6-4-2)21(24)19-15-11-12-16-20(19)22/h11-12,15-16H,3-10,13-14,17-18H2,1-2H3. The third-order valence-corrected chi connectivity index (χ3v) is 4.45. The monoisotopic (exact) mass is 335 g/mol.